The van der Waals surface area contributed by atoms with Crippen molar-refractivity contribution in [1.82, 2.24) is 14.9 Å². The molecule has 144 valence electrons. The second kappa shape index (κ2) is 8.67. The number of hydrogen-bond acceptors (Lipinski definition) is 5. The van der Waals surface area contributed by atoms with Crippen molar-refractivity contribution in [2.75, 3.05) is 25.5 Å². The molecule has 1 aliphatic heterocycles. The third kappa shape index (κ3) is 4.96. The van der Waals surface area contributed by atoms with Crippen LogP contribution in [0.3, 0.4) is 0 Å². The smallest absolute Gasteiger partial charge is 0.242 e. The van der Waals surface area contributed by atoms with E-state index in [9.17, 15) is 4.79 Å². The number of amides is 1. The number of carbonyl (C=O) groups is 1. The predicted octanol–water partition coefficient (Wildman–Crippen LogP) is 3.59. The van der Waals surface area contributed by atoms with Gasteiger partial charge < -0.3 is 10.1 Å². The van der Waals surface area contributed by atoms with Crippen LogP contribution in [0, 0.1) is 5.92 Å². The largest absolute Gasteiger partial charge is 0.481 e. The van der Waals surface area contributed by atoms with Crippen LogP contribution < -0.4 is 10.1 Å². The first-order valence-corrected chi connectivity index (χ1v) is 9.50. The van der Waals surface area contributed by atoms with Crippen molar-refractivity contribution in [2.24, 2.45) is 5.92 Å². The Bertz CT molecular complexity index is 767. The predicted molar refractivity (Wildman–Crippen MR) is 106 cm³/mol. The summed E-state index contributed by atoms with van der Waals surface area (Å²) in [5, 5.41) is 3.41. The van der Waals surface area contributed by atoms with Crippen molar-refractivity contribution in [2.45, 2.75) is 32.2 Å². The molecular weight excluding hydrogens is 364 g/mol. The topological polar surface area (TPSA) is 67.3 Å². The fourth-order valence-corrected chi connectivity index (χ4v) is 3.66. The van der Waals surface area contributed by atoms with E-state index in [2.05, 4.69) is 33.2 Å². The molecule has 0 unspecified atom stereocenters. The van der Waals surface area contributed by atoms with Gasteiger partial charge in [0.05, 0.1) is 18.2 Å². The number of pyridine rings is 2. The van der Waals surface area contributed by atoms with E-state index in [1.54, 1.807) is 19.2 Å². The quantitative estimate of drug-likeness (QED) is 0.847. The molecule has 0 aliphatic carbocycles. The lowest BCUT2D eigenvalue weighted by molar-refractivity contribution is -0.121. The number of ether oxygens (including phenoxy) is 1. The zero-order valence-electron chi connectivity index (χ0n) is 15.9. The van der Waals surface area contributed by atoms with Crippen molar-refractivity contribution >= 4 is 23.3 Å². The Hall–Kier alpha value is -2.18. The number of piperidine rings is 1. The molecule has 1 N–H and O–H groups in total. The molecule has 27 heavy (non-hydrogen) atoms. The number of hydrogen-bond donors (Lipinski definition) is 1. The second-order valence-electron chi connectivity index (χ2n) is 7.15. The van der Waals surface area contributed by atoms with Crippen LogP contribution in [0.2, 0.25) is 5.02 Å². The van der Waals surface area contributed by atoms with E-state index in [1.165, 1.54) is 11.8 Å². The molecule has 0 bridgehead atoms. The Morgan fingerprint density at radius 1 is 1.26 bits per heavy atom. The summed E-state index contributed by atoms with van der Waals surface area (Å²) < 4.78 is 5.14. The van der Waals surface area contributed by atoms with Gasteiger partial charge in [0, 0.05) is 31.5 Å². The van der Waals surface area contributed by atoms with Crippen LogP contribution in [0.1, 0.15) is 31.7 Å². The molecule has 1 aliphatic rings. The number of nitrogens with one attached hydrogen (secondary N) is 1. The summed E-state index contributed by atoms with van der Waals surface area (Å²) in [6.07, 6.45) is 4.48. The van der Waals surface area contributed by atoms with Crippen molar-refractivity contribution in [1.29, 1.82) is 0 Å². The summed E-state index contributed by atoms with van der Waals surface area (Å²) in [4.78, 5) is 23.4. The van der Waals surface area contributed by atoms with Gasteiger partial charge in [0.1, 0.15) is 5.82 Å². The summed E-state index contributed by atoms with van der Waals surface area (Å²) in [6.45, 7) is 5.87. The van der Waals surface area contributed by atoms with E-state index in [0.717, 1.165) is 19.5 Å². The van der Waals surface area contributed by atoms with Gasteiger partial charge in [-0.1, -0.05) is 24.6 Å². The van der Waals surface area contributed by atoms with Crippen LogP contribution in [0.4, 0.5) is 5.82 Å². The van der Waals surface area contributed by atoms with Crippen LogP contribution in [0.15, 0.2) is 36.7 Å². The van der Waals surface area contributed by atoms with Crippen molar-refractivity contribution < 1.29 is 9.53 Å². The maximum atomic E-state index is 12.7. The molecule has 1 amide bonds. The van der Waals surface area contributed by atoms with Gasteiger partial charge in [0.15, 0.2) is 0 Å². The number of halogens is 1. The monoisotopic (exact) mass is 388 g/mol. The zero-order valence-corrected chi connectivity index (χ0v) is 16.6. The number of anilines is 1. The molecule has 0 saturated carbocycles. The Morgan fingerprint density at radius 3 is 2.70 bits per heavy atom. The van der Waals surface area contributed by atoms with E-state index in [1.807, 2.05) is 19.2 Å². The van der Waals surface area contributed by atoms with Crippen LogP contribution in [0.5, 0.6) is 5.88 Å². The van der Waals surface area contributed by atoms with Gasteiger partial charge in [-0.2, -0.15) is 0 Å². The second-order valence-corrected chi connectivity index (χ2v) is 7.59. The lowest BCUT2D eigenvalue weighted by Crippen LogP contribution is -2.48. The number of aromatic nitrogens is 2. The fourth-order valence-electron chi connectivity index (χ4n) is 3.55. The molecular formula is C20H25ClN4O2. The minimum Gasteiger partial charge on any atom is -0.481 e. The van der Waals surface area contributed by atoms with E-state index in [4.69, 9.17) is 16.3 Å². The van der Waals surface area contributed by atoms with Crippen LogP contribution in [-0.4, -0.2) is 47.0 Å². The third-order valence-corrected chi connectivity index (χ3v) is 5.26. The van der Waals surface area contributed by atoms with E-state index >= 15 is 0 Å². The molecule has 1 fully saturated rings. The molecule has 2 aromatic heterocycles. The average molecular weight is 389 g/mol. The first-order valence-electron chi connectivity index (χ1n) is 9.12. The van der Waals surface area contributed by atoms with Gasteiger partial charge in [-0.05, 0) is 42.9 Å². The highest BCUT2D eigenvalue weighted by Crippen LogP contribution is 2.31. The van der Waals surface area contributed by atoms with Crippen molar-refractivity contribution in [3.8, 4) is 5.88 Å². The van der Waals surface area contributed by atoms with Crippen molar-refractivity contribution in [3.63, 3.8) is 0 Å². The molecule has 2 aromatic rings. The third-order valence-electron chi connectivity index (χ3n) is 5.03. The SMILES string of the molecule is COc1ccc([C@H]2C[C@H](C)CN([C@@H](C)C(=O)Nc3ccc(Cl)cn3)C2)cn1. The molecule has 1 saturated heterocycles. The van der Waals surface area contributed by atoms with E-state index in [0.29, 0.717) is 28.6 Å². The standard InChI is InChI=1S/C20H25ClN4O2/c1-13-8-16(15-4-7-19(27-3)23-9-15)12-25(11-13)14(2)20(26)24-18-6-5-17(21)10-22-18/h4-7,9-10,13-14,16H,8,11-12H2,1-3H3,(H,22,24,26)/t13-,14-,16-/m0/s1. The highest BCUT2D eigenvalue weighted by atomic mass is 35.5. The molecule has 0 aromatic carbocycles. The average Bonchev–Trinajstić information content (AvgIpc) is 2.68. The summed E-state index contributed by atoms with van der Waals surface area (Å²) in [7, 11) is 1.61. The van der Waals surface area contributed by atoms with Crippen LogP contribution in [-0.2, 0) is 4.79 Å². The Labute approximate surface area is 164 Å². The molecule has 3 atom stereocenters. The lowest BCUT2D eigenvalue weighted by atomic mass is 9.85. The highest BCUT2D eigenvalue weighted by molar-refractivity contribution is 6.30. The Balaban J connectivity index is 1.66. The normalized spacial score (nSPS) is 21.5. The number of rotatable bonds is 5. The number of likely N-dealkylation sites (tertiary alicyclic amines) is 1. The fraction of sp³-hybridized carbons (Fsp3) is 0.450. The maximum absolute atomic E-state index is 12.7. The Kier molecular flexibility index (Phi) is 6.29. The minimum atomic E-state index is -0.251. The summed E-state index contributed by atoms with van der Waals surface area (Å²) >= 11 is 5.85. The molecule has 3 heterocycles. The first kappa shape index (κ1) is 19.6. The molecule has 7 heteroatoms. The summed E-state index contributed by atoms with van der Waals surface area (Å²) in [5.41, 5.74) is 1.18. The first-order chi connectivity index (χ1) is 13.0. The maximum Gasteiger partial charge on any atom is 0.242 e. The number of methoxy groups -OCH3 is 1. The van der Waals surface area contributed by atoms with E-state index < -0.39 is 0 Å². The number of carbonyl (C=O) groups excluding carboxylic acids is 1. The van der Waals surface area contributed by atoms with Gasteiger partial charge in [-0.15, -0.1) is 0 Å². The van der Waals surface area contributed by atoms with Gasteiger partial charge in [-0.3, -0.25) is 9.69 Å². The minimum absolute atomic E-state index is 0.0643. The molecule has 3 rings (SSSR count). The molecule has 0 spiro atoms. The number of nitrogens with zero attached hydrogens (tertiary/aromatic N) is 3. The Morgan fingerprint density at radius 2 is 2.07 bits per heavy atom. The van der Waals surface area contributed by atoms with Crippen LogP contribution in [0.25, 0.3) is 0 Å². The molecule has 6 nitrogen and oxygen atoms in total. The van der Waals surface area contributed by atoms with E-state index in [-0.39, 0.29) is 11.9 Å². The van der Waals surface area contributed by atoms with Crippen molar-refractivity contribution in [3.05, 3.63) is 47.2 Å². The summed E-state index contributed by atoms with van der Waals surface area (Å²) in [6, 6.07) is 7.12. The van der Waals surface area contributed by atoms with Gasteiger partial charge >= 0.3 is 0 Å². The van der Waals surface area contributed by atoms with Gasteiger partial charge in [0.2, 0.25) is 11.8 Å². The van der Waals surface area contributed by atoms with Crippen LogP contribution >= 0.6 is 11.6 Å². The summed E-state index contributed by atoms with van der Waals surface area (Å²) in [5.74, 6) is 1.90. The highest BCUT2D eigenvalue weighted by Gasteiger charge is 2.31. The zero-order chi connectivity index (χ0) is 19.4. The van der Waals surface area contributed by atoms with Gasteiger partial charge in [0.25, 0.3) is 0 Å². The molecule has 0 radical (unpaired) electrons. The lowest BCUT2D eigenvalue weighted by Gasteiger charge is -2.39. The van der Waals surface area contributed by atoms with Gasteiger partial charge in [-0.25, -0.2) is 9.97 Å².